The average molecular weight is 1810 g/mol. The zero-order valence-electron chi connectivity index (χ0n) is 76.3. The molecule has 0 aromatic rings. The number of aliphatic hydroxyl groups excluding tert-OH is 2. The van der Waals surface area contributed by atoms with Crippen molar-refractivity contribution in [2.45, 2.75) is 387 Å². The molecule has 20 heteroatoms. The Morgan fingerprint density at radius 3 is 0.750 bits per heavy atom. The van der Waals surface area contributed by atoms with Gasteiger partial charge in [0.2, 0.25) is 11.8 Å². The van der Waals surface area contributed by atoms with E-state index in [4.69, 9.17) is 24.1 Å². The zero-order valence-corrected chi connectivity index (χ0v) is 81.1. The Morgan fingerprint density at radius 2 is 0.534 bits per heavy atom. The fourth-order valence-corrected chi connectivity index (χ4v) is 15.0. The van der Waals surface area contributed by atoms with Gasteiger partial charge in [-0.3, -0.25) is 28.8 Å². The average Bonchev–Trinajstić information content (AvgIpc) is 0.930. The van der Waals surface area contributed by atoms with Gasteiger partial charge in [-0.1, -0.05) is 298 Å². The van der Waals surface area contributed by atoms with Crippen molar-refractivity contribution >= 4 is 75.1 Å². The fourth-order valence-electron chi connectivity index (χ4n) is 12.9. The van der Waals surface area contributed by atoms with E-state index in [-0.39, 0.29) is 105 Å². The molecular formula is C96H182Br2N4O12S2. The molecule has 0 radical (unpaired) electrons. The van der Waals surface area contributed by atoms with Gasteiger partial charge in [0.25, 0.3) is 0 Å². The van der Waals surface area contributed by atoms with Crippen LogP contribution < -0.4 is 17.0 Å². The Kier molecular flexibility index (Phi) is 102. The Labute approximate surface area is 742 Å². The van der Waals surface area contributed by atoms with Crippen LogP contribution in [-0.2, 0) is 47.7 Å². The predicted octanol–water partition coefficient (Wildman–Crippen LogP) is 21.4. The first-order valence-electron chi connectivity index (χ1n) is 47.2. The SMILES string of the molecule is CCCCCCCC/C=C\CCCCCCCC(=O)OCCN(CCOC(=O)CCCCCCC/C=C\CCCCCCCC)C(=O)CSCCN(C)C.CCCCCCCC/C=C\CCCCCCCC(=O)OCCN(CCOC(=O)CCCCCCC/C=C\CCCCCCCC)C(=O)CSCC[N+](C)(C)CCO.OCCBr.[Br-]. The summed E-state index contributed by atoms with van der Waals surface area (Å²) in [6.45, 7) is 13.7. The highest BCUT2D eigenvalue weighted by atomic mass is 79.9. The number of alkyl halides is 1. The maximum Gasteiger partial charge on any atom is 0.305 e. The highest BCUT2D eigenvalue weighted by Gasteiger charge is 2.20. The van der Waals surface area contributed by atoms with Crippen molar-refractivity contribution in [3.8, 4) is 0 Å². The van der Waals surface area contributed by atoms with Crippen molar-refractivity contribution in [1.29, 1.82) is 0 Å². The highest BCUT2D eigenvalue weighted by Crippen LogP contribution is 2.18. The number of unbranched alkanes of at least 4 members (excludes halogenated alkanes) is 44. The van der Waals surface area contributed by atoms with Crippen LogP contribution in [0.2, 0.25) is 0 Å². The second kappa shape index (κ2) is 99.4. The van der Waals surface area contributed by atoms with E-state index in [9.17, 15) is 33.9 Å². The number of hydrogen-bond acceptors (Lipinski definition) is 15. The molecule has 116 heavy (non-hydrogen) atoms. The monoisotopic (exact) mass is 1810 g/mol. The molecule has 0 saturated carbocycles. The number of likely N-dealkylation sites (N-methyl/N-ethyl adjacent to an activating group) is 1. The lowest BCUT2D eigenvalue weighted by molar-refractivity contribution is -0.888. The summed E-state index contributed by atoms with van der Waals surface area (Å²) >= 11 is 6.16. The van der Waals surface area contributed by atoms with E-state index in [1.807, 2.05) is 14.1 Å². The lowest BCUT2D eigenvalue weighted by atomic mass is 10.1. The Morgan fingerprint density at radius 1 is 0.319 bits per heavy atom. The van der Waals surface area contributed by atoms with Gasteiger partial charge in [0.05, 0.1) is 71.5 Å². The first kappa shape index (κ1) is 120. The van der Waals surface area contributed by atoms with Gasteiger partial charge in [0, 0.05) is 49.1 Å². The summed E-state index contributed by atoms with van der Waals surface area (Å²) in [6.07, 6.45) is 83.7. The third kappa shape index (κ3) is 98.4. The number of thioether (sulfide) groups is 2. The van der Waals surface area contributed by atoms with Gasteiger partial charge in [-0.25, -0.2) is 0 Å². The summed E-state index contributed by atoms with van der Waals surface area (Å²) in [5.41, 5.74) is 0. The van der Waals surface area contributed by atoms with E-state index in [1.54, 1.807) is 33.3 Å². The standard InChI is InChI=1S/C48H91N2O6S.C46H86N2O5S.C2H5BrO.BrH/c1-5-7-9-11-13-15-17-19-21-23-25-27-29-31-33-35-47(53)55-42-37-49(46(52)45-57-44-40-50(3,4)39-41-51)38-43-56-48(54)36-34-32-30-28-26-24-22-20-18-16-14-12-10-8-6-2;1-5-7-9-11-13-15-17-19-21-23-25-27-29-31-33-35-45(50)52-40-37-48(44(49)43-54-42-39-47(3)4)38-41-53-46(51)36-34-32-30-28-26-24-22-20-18-16-14-12-10-8-6-2;3-1-2-4;/h19-22,51H,5-18,23-45H2,1-4H3;19-22H,5-18,23-43H2,1-4H3;4H,1-2H2;1H/q+1;;;/p-1/b2*21-19-,22-20-;;. The molecule has 16 nitrogen and oxygen atoms in total. The molecule has 2 amide bonds. The number of quaternary nitrogens is 1. The molecule has 0 aliphatic carbocycles. The van der Waals surface area contributed by atoms with E-state index in [0.717, 1.165) is 127 Å². The van der Waals surface area contributed by atoms with Gasteiger partial charge < -0.3 is 65.3 Å². The van der Waals surface area contributed by atoms with Crippen LogP contribution in [0.25, 0.3) is 0 Å². The minimum Gasteiger partial charge on any atom is -1.00 e. The molecule has 0 aliphatic heterocycles. The van der Waals surface area contributed by atoms with Crippen LogP contribution in [0.15, 0.2) is 48.6 Å². The second-order valence-corrected chi connectivity index (χ2v) is 35.4. The van der Waals surface area contributed by atoms with Gasteiger partial charge in [0.1, 0.15) is 33.0 Å². The normalized spacial score (nSPS) is 11.5. The number of carbonyl (C=O) groups excluding carboxylic acids is 6. The van der Waals surface area contributed by atoms with Crippen LogP contribution in [0.3, 0.4) is 0 Å². The van der Waals surface area contributed by atoms with Crippen molar-refractivity contribution in [2.75, 3.05) is 142 Å². The lowest BCUT2D eigenvalue weighted by Gasteiger charge is -2.28. The Hall–Kier alpha value is -2.72. The number of carbonyl (C=O) groups is 6. The summed E-state index contributed by atoms with van der Waals surface area (Å²) in [5.74, 6) is 1.43. The van der Waals surface area contributed by atoms with Crippen molar-refractivity contribution < 1.29 is 79.4 Å². The number of amides is 2. The van der Waals surface area contributed by atoms with Crippen molar-refractivity contribution in [3.63, 3.8) is 0 Å². The maximum absolute atomic E-state index is 13.2. The topological polar surface area (TPSA) is 190 Å². The molecular weight excluding hydrogens is 1630 g/mol. The molecule has 0 fully saturated rings. The van der Waals surface area contributed by atoms with E-state index < -0.39 is 0 Å². The van der Waals surface area contributed by atoms with Gasteiger partial charge in [0.15, 0.2) is 0 Å². The number of allylic oxidation sites excluding steroid dienone is 8. The van der Waals surface area contributed by atoms with Crippen LogP contribution >= 0.6 is 39.5 Å². The van der Waals surface area contributed by atoms with Crippen LogP contribution in [0, 0.1) is 0 Å². The van der Waals surface area contributed by atoms with Crippen LogP contribution in [0.4, 0.5) is 0 Å². The smallest absolute Gasteiger partial charge is 0.305 e. The molecule has 0 aromatic heterocycles. The minimum absolute atomic E-state index is 0. The van der Waals surface area contributed by atoms with E-state index in [1.165, 1.54) is 231 Å². The number of ether oxygens (including phenoxy) is 4. The number of aliphatic hydroxyl groups is 2. The third-order valence-electron chi connectivity index (χ3n) is 20.5. The van der Waals surface area contributed by atoms with Crippen LogP contribution in [0.5, 0.6) is 0 Å². The zero-order chi connectivity index (χ0) is 84.9. The molecule has 0 heterocycles. The summed E-state index contributed by atoms with van der Waals surface area (Å²) in [6, 6.07) is 0. The first-order valence-corrected chi connectivity index (χ1v) is 50.7. The molecule has 0 rings (SSSR count). The molecule has 0 unspecified atom stereocenters. The molecule has 0 bridgehead atoms. The van der Waals surface area contributed by atoms with Crippen LogP contribution in [0.1, 0.15) is 387 Å². The largest absolute Gasteiger partial charge is 1.00 e. The molecule has 2 N–H and O–H groups in total. The lowest BCUT2D eigenvalue weighted by Crippen LogP contribution is -3.00. The third-order valence-corrected chi connectivity index (χ3v) is 22.7. The van der Waals surface area contributed by atoms with Gasteiger partial charge in [-0.05, 0) is 143 Å². The summed E-state index contributed by atoms with van der Waals surface area (Å²) in [5, 5.41) is 17.8. The number of halogens is 2. The van der Waals surface area contributed by atoms with Gasteiger partial charge in [-0.2, -0.15) is 11.8 Å². The Balaban J connectivity index is -0.00000103. The van der Waals surface area contributed by atoms with Crippen LogP contribution in [-0.4, -0.2) is 207 Å². The number of hydrogen-bond donors (Lipinski definition) is 2. The van der Waals surface area contributed by atoms with Crippen molar-refractivity contribution in [3.05, 3.63) is 48.6 Å². The van der Waals surface area contributed by atoms with E-state index in [0.29, 0.717) is 66.6 Å². The number of rotatable bonds is 85. The molecule has 0 atom stereocenters. The first-order chi connectivity index (χ1) is 56.1. The second-order valence-electron chi connectivity index (χ2n) is 32.4. The summed E-state index contributed by atoms with van der Waals surface area (Å²) in [7, 11) is 8.18. The maximum atomic E-state index is 13.2. The molecule has 684 valence electrons. The number of esters is 4. The minimum atomic E-state index is -0.218. The fraction of sp³-hybridized carbons (Fsp3) is 0.854. The molecule has 0 spiro atoms. The van der Waals surface area contributed by atoms with Gasteiger partial charge in [-0.15, -0.1) is 11.8 Å². The van der Waals surface area contributed by atoms with Gasteiger partial charge >= 0.3 is 23.9 Å². The van der Waals surface area contributed by atoms with E-state index in [2.05, 4.69) is 111 Å². The quantitative estimate of drug-likeness (QED) is 0.0146. The van der Waals surface area contributed by atoms with E-state index >= 15 is 0 Å². The Bertz CT molecular complexity index is 2130. The molecule has 0 aromatic carbocycles. The molecule has 0 saturated heterocycles. The number of nitrogens with zero attached hydrogens (tertiary/aromatic N) is 4. The van der Waals surface area contributed by atoms with Crippen molar-refractivity contribution in [1.82, 2.24) is 14.7 Å². The highest BCUT2D eigenvalue weighted by molar-refractivity contribution is 9.09. The van der Waals surface area contributed by atoms with Crippen molar-refractivity contribution in [2.24, 2.45) is 0 Å². The summed E-state index contributed by atoms with van der Waals surface area (Å²) in [4.78, 5) is 81.2. The summed E-state index contributed by atoms with van der Waals surface area (Å²) < 4.78 is 22.7. The predicted molar refractivity (Wildman–Crippen MR) is 498 cm³/mol. The molecule has 0 aliphatic rings.